The molecule has 0 radical (unpaired) electrons. The van der Waals surface area contributed by atoms with Crippen LogP contribution in [0.3, 0.4) is 0 Å². The summed E-state index contributed by atoms with van der Waals surface area (Å²) >= 11 is 0. The van der Waals surface area contributed by atoms with Crippen molar-refractivity contribution in [3.63, 3.8) is 0 Å². The molecule has 1 rings (SSSR count). The van der Waals surface area contributed by atoms with Crippen molar-refractivity contribution < 1.29 is 9.47 Å². The van der Waals surface area contributed by atoms with Gasteiger partial charge in [0.2, 0.25) is 0 Å². The molecule has 0 aromatic carbocycles. The Bertz CT molecular complexity index is 192. The summed E-state index contributed by atoms with van der Waals surface area (Å²) in [5.74, 6) is 2.36. The van der Waals surface area contributed by atoms with E-state index in [0.29, 0.717) is 5.92 Å². The second-order valence-corrected chi connectivity index (χ2v) is 2.74. The van der Waals surface area contributed by atoms with Gasteiger partial charge in [-0.05, 0) is 12.0 Å². The zero-order chi connectivity index (χ0) is 8.27. The van der Waals surface area contributed by atoms with Crippen molar-refractivity contribution in [1.82, 2.24) is 0 Å². The van der Waals surface area contributed by atoms with Crippen LogP contribution >= 0.6 is 0 Å². The lowest BCUT2D eigenvalue weighted by molar-refractivity contribution is 0.211. The zero-order valence-corrected chi connectivity index (χ0v) is 7.26. The number of rotatable bonds is 2. The lowest BCUT2D eigenvalue weighted by atomic mass is 10.0. The molecule has 0 heterocycles. The molecule has 0 saturated heterocycles. The first-order valence-corrected chi connectivity index (χ1v) is 3.77. The van der Waals surface area contributed by atoms with E-state index in [0.717, 1.165) is 17.9 Å². The van der Waals surface area contributed by atoms with Gasteiger partial charge in [-0.15, -0.1) is 0 Å². The van der Waals surface area contributed by atoms with Gasteiger partial charge in [0.15, 0.2) is 5.76 Å². The van der Waals surface area contributed by atoms with E-state index in [1.54, 1.807) is 14.2 Å². The predicted molar refractivity (Wildman–Crippen MR) is 44.0 cm³/mol. The topological polar surface area (TPSA) is 18.5 Å². The summed E-state index contributed by atoms with van der Waals surface area (Å²) in [4.78, 5) is 0. The van der Waals surface area contributed by atoms with Crippen molar-refractivity contribution in [2.75, 3.05) is 14.2 Å². The first kappa shape index (κ1) is 8.18. The molecule has 0 fully saturated rings. The minimum absolute atomic E-state index is 0.559. The fourth-order valence-corrected chi connectivity index (χ4v) is 1.17. The molecule has 1 atom stereocenters. The molecule has 0 N–H and O–H groups in total. The fraction of sp³-hybridized carbons (Fsp3) is 0.556. The smallest absolute Gasteiger partial charge is 0.156 e. The Kier molecular flexibility index (Phi) is 2.58. The monoisotopic (exact) mass is 154 g/mol. The van der Waals surface area contributed by atoms with Gasteiger partial charge in [-0.25, -0.2) is 0 Å². The quantitative estimate of drug-likeness (QED) is 0.606. The Morgan fingerprint density at radius 1 is 1.36 bits per heavy atom. The Balaban J connectivity index is 2.76. The van der Waals surface area contributed by atoms with E-state index in [1.165, 1.54) is 0 Å². The lowest BCUT2D eigenvalue weighted by Gasteiger charge is -2.17. The van der Waals surface area contributed by atoms with Crippen LogP contribution in [0.4, 0.5) is 0 Å². The van der Waals surface area contributed by atoms with Crippen LogP contribution in [-0.4, -0.2) is 14.2 Å². The summed E-state index contributed by atoms with van der Waals surface area (Å²) in [5, 5.41) is 0. The summed E-state index contributed by atoms with van der Waals surface area (Å²) in [7, 11) is 3.34. The molecule has 1 unspecified atom stereocenters. The van der Waals surface area contributed by atoms with E-state index < -0.39 is 0 Å². The molecule has 0 saturated carbocycles. The largest absolute Gasteiger partial charge is 0.497 e. The second-order valence-electron chi connectivity index (χ2n) is 2.74. The van der Waals surface area contributed by atoms with Gasteiger partial charge in [-0.2, -0.15) is 0 Å². The van der Waals surface area contributed by atoms with E-state index in [2.05, 4.69) is 13.0 Å². The zero-order valence-electron chi connectivity index (χ0n) is 7.26. The predicted octanol–water partition coefficient (Wildman–Crippen LogP) is 2.09. The summed E-state index contributed by atoms with van der Waals surface area (Å²) in [5.41, 5.74) is 0. The lowest BCUT2D eigenvalue weighted by Crippen LogP contribution is -2.04. The minimum atomic E-state index is 0.559. The molecular formula is C9H14O2. The van der Waals surface area contributed by atoms with E-state index in [-0.39, 0.29) is 0 Å². The van der Waals surface area contributed by atoms with Gasteiger partial charge >= 0.3 is 0 Å². The SMILES string of the molecule is COC1=C(OC)CC(C)C=C1. The van der Waals surface area contributed by atoms with Crippen molar-refractivity contribution in [3.05, 3.63) is 23.7 Å². The molecule has 0 spiro atoms. The van der Waals surface area contributed by atoms with Crippen LogP contribution in [0.2, 0.25) is 0 Å². The molecular weight excluding hydrogens is 140 g/mol. The number of hydrogen-bond donors (Lipinski definition) is 0. The molecule has 2 heteroatoms. The van der Waals surface area contributed by atoms with Crippen LogP contribution in [-0.2, 0) is 9.47 Å². The van der Waals surface area contributed by atoms with Crippen molar-refractivity contribution in [1.29, 1.82) is 0 Å². The van der Waals surface area contributed by atoms with Crippen LogP contribution in [0.15, 0.2) is 23.7 Å². The fourth-order valence-electron chi connectivity index (χ4n) is 1.17. The highest BCUT2D eigenvalue weighted by Gasteiger charge is 2.13. The first-order chi connectivity index (χ1) is 5.27. The molecule has 2 nitrogen and oxygen atoms in total. The van der Waals surface area contributed by atoms with E-state index in [1.807, 2.05) is 6.08 Å². The van der Waals surface area contributed by atoms with Crippen LogP contribution in [0.5, 0.6) is 0 Å². The van der Waals surface area contributed by atoms with Gasteiger partial charge in [0.25, 0.3) is 0 Å². The minimum Gasteiger partial charge on any atom is -0.497 e. The van der Waals surface area contributed by atoms with Gasteiger partial charge in [0.1, 0.15) is 5.76 Å². The maximum Gasteiger partial charge on any atom is 0.156 e. The Morgan fingerprint density at radius 2 is 2.09 bits per heavy atom. The summed E-state index contributed by atoms with van der Waals surface area (Å²) in [6.07, 6.45) is 5.03. The highest BCUT2D eigenvalue weighted by Crippen LogP contribution is 2.23. The van der Waals surface area contributed by atoms with Crippen LogP contribution in [0, 0.1) is 5.92 Å². The molecule has 1 aliphatic carbocycles. The van der Waals surface area contributed by atoms with Gasteiger partial charge in [-0.3, -0.25) is 0 Å². The van der Waals surface area contributed by atoms with Gasteiger partial charge in [0, 0.05) is 6.42 Å². The number of allylic oxidation sites excluding steroid dienone is 3. The molecule has 1 aliphatic rings. The summed E-state index contributed by atoms with van der Waals surface area (Å²) < 4.78 is 10.3. The van der Waals surface area contributed by atoms with Gasteiger partial charge in [-0.1, -0.05) is 13.0 Å². The molecule has 0 aliphatic heterocycles. The maximum absolute atomic E-state index is 5.17. The third-order valence-corrected chi connectivity index (χ3v) is 1.82. The number of hydrogen-bond acceptors (Lipinski definition) is 2. The van der Waals surface area contributed by atoms with Crippen molar-refractivity contribution in [3.8, 4) is 0 Å². The van der Waals surface area contributed by atoms with E-state index in [4.69, 9.17) is 9.47 Å². The van der Waals surface area contributed by atoms with Gasteiger partial charge < -0.3 is 9.47 Å². The molecule has 0 aromatic heterocycles. The second kappa shape index (κ2) is 3.46. The molecule has 0 bridgehead atoms. The Morgan fingerprint density at radius 3 is 2.64 bits per heavy atom. The van der Waals surface area contributed by atoms with Crippen LogP contribution in [0.25, 0.3) is 0 Å². The average molecular weight is 154 g/mol. The first-order valence-electron chi connectivity index (χ1n) is 3.77. The highest BCUT2D eigenvalue weighted by atomic mass is 16.5. The number of methoxy groups -OCH3 is 2. The van der Waals surface area contributed by atoms with E-state index >= 15 is 0 Å². The third kappa shape index (κ3) is 1.76. The van der Waals surface area contributed by atoms with Crippen LogP contribution in [0.1, 0.15) is 13.3 Å². The third-order valence-electron chi connectivity index (χ3n) is 1.82. The Hall–Kier alpha value is -0.920. The highest BCUT2D eigenvalue weighted by molar-refractivity contribution is 5.22. The van der Waals surface area contributed by atoms with E-state index in [9.17, 15) is 0 Å². The Labute approximate surface area is 67.5 Å². The summed E-state index contributed by atoms with van der Waals surface area (Å²) in [6, 6.07) is 0. The molecule has 11 heavy (non-hydrogen) atoms. The number of ether oxygens (including phenoxy) is 2. The molecule has 62 valence electrons. The van der Waals surface area contributed by atoms with Crippen molar-refractivity contribution >= 4 is 0 Å². The normalized spacial score (nSPS) is 23.7. The maximum atomic E-state index is 5.17. The molecule has 0 aromatic rings. The average Bonchev–Trinajstić information content (AvgIpc) is 2.04. The van der Waals surface area contributed by atoms with Crippen molar-refractivity contribution in [2.24, 2.45) is 5.92 Å². The standard InChI is InChI=1S/C9H14O2/c1-7-4-5-8(10-2)9(6-7)11-3/h4-5,7H,6H2,1-3H3. The van der Waals surface area contributed by atoms with Crippen LogP contribution < -0.4 is 0 Å². The summed E-state index contributed by atoms with van der Waals surface area (Å²) in [6.45, 7) is 2.15. The van der Waals surface area contributed by atoms with Crippen molar-refractivity contribution in [2.45, 2.75) is 13.3 Å². The van der Waals surface area contributed by atoms with Gasteiger partial charge in [0.05, 0.1) is 14.2 Å². The molecule has 0 amide bonds.